The maximum Gasteiger partial charge on any atom is 0.314 e. The average Bonchev–Trinajstić information content (AvgIpc) is 2.78. The molecule has 4 nitrogen and oxygen atoms in total. The fourth-order valence-electron chi connectivity index (χ4n) is 3.40. The van der Waals surface area contributed by atoms with Gasteiger partial charge in [0.1, 0.15) is 5.75 Å². The maximum atomic E-state index is 12.2. The Kier molecular flexibility index (Phi) is 11.1. The third-order valence-corrected chi connectivity index (χ3v) is 5.60. The van der Waals surface area contributed by atoms with Crippen LogP contribution in [-0.4, -0.2) is 15.9 Å². The molecule has 0 radical (unpaired) electrons. The van der Waals surface area contributed by atoms with Crippen LogP contribution in [0.4, 0.5) is 0 Å². The van der Waals surface area contributed by atoms with E-state index in [9.17, 15) is 4.79 Å². The summed E-state index contributed by atoms with van der Waals surface area (Å²) < 4.78 is 5.63. The van der Waals surface area contributed by atoms with Gasteiger partial charge in [-0.25, -0.2) is 9.97 Å². The smallest absolute Gasteiger partial charge is 0.314 e. The van der Waals surface area contributed by atoms with Crippen LogP contribution >= 0.6 is 0 Å². The van der Waals surface area contributed by atoms with Gasteiger partial charge in [-0.3, -0.25) is 4.79 Å². The third-order valence-electron chi connectivity index (χ3n) is 5.60. The molecule has 0 N–H and O–H groups in total. The van der Waals surface area contributed by atoms with Gasteiger partial charge in [0, 0.05) is 11.9 Å². The number of rotatable bonds is 14. The first kappa shape index (κ1) is 24.0. The highest BCUT2D eigenvalue weighted by molar-refractivity contribution is 5.77. The van der Waals surface area contributed by atoms with Crippen LogP contribution in [0, 0.1) is 5.92 Å². The van der Waals surface area contributed by atoms with Crippen molar-refractivity contribution in [1.82, 2.24) is 9.97 Å². The molecule has 1 atom stereocenters. The Morgan fingerprint density at radius 1 is 0.933 bits per heavy atom. The first-order valence-corrected chi connectivity index (χ1v) is 11.8. The van der Waals surface area contributed by atoms with Crippen LogP contribution in [-0.2, 0) is 11.2 Å². The van der Waals surface area contributed by atoms with Gasteiger partial charge in [-0.15, -0.1) is 0 Å². The topological polar surface area (TPSA) is 52.1 Å². The van der Waals surface area contributed by atoms with E-state index in [4.69, 9.17) is 9.72 Å². The van der Waals surface area contributed by atoms with E-state index in [2.05, 4.69) is 11.9 Å². The summed E-state index contributed by atoms with van der Waals surface area (Å²) in [5.74, 6) is 0.812. The van der Waals surface area contributed by atoms with Crippen LogP contribution in [0.25, 0.3) is 11.4 Å². The normalized spacial score (nSPS) is 12.0. The van der Waals surface area contributed by atoms with E-state index in [-0.39, 0.29) is 11.9 Å². The Bertz CT molecular complexity index is 760. The first-order valence-electron chi connectivity index (χ1n) is 11.8. The van der Waals surface area contributed by atoms with Gasteiger partial charge in [-0.05, 0) is 37.5 Å². The van der Waals surface area contributed by atoms with Crippen LogP contribution in [0.5, 0.6) is 5.75 Å². The molecule has 0 saturated carbocycles. The number of carbonyl (C=O) groups is 1. The molecule has 4 heteroatoms. The fraction of sp³-hybridized carbons (Fsp3) is 0.577. The second-order valence-electron chi connectivity index (χ2n) is 8.18. The summed E-state index contributed by atoms with van der Waals surface area (Å²) in [4.78, 5) is 21.4. The van der Waals surface area contributed by atoms with Crippen LogP contribution in [0.2, 0.25) is 0 Å². The highest BCUT2D eigenvalue weighted by Gasteiger charge is 2.17. The molecular weight excluding hydrogens is 372 g/mol. The average molecular weight is 411 g/mol. The Hall–Kier alpha value is -2.23. The number of aromatic nitrogens is 2. The number of nitrogens with zero attached hydrogens (tertiary/aromatic N) is 2. The summed E-state index contributed by atoms with van der Waals surface area (Å²) in [6.45, 7) is 6.13. The number of para-hydroxylation sites is 1. The zero-order valence-electron chi connectivity index (χ0n) is 19.0. The fourth-order valence-corrected chi connectivity index (χ4v) is 3.40. The molecule has 0 aliphatic rings. The molecule has 2 rings (SSSR count). The van der Waals surface area contributed by atoms with Crippen LogP contribution in [0.3, 0.4) is 0 Å². The molecule has 0 fully saturated rings. The molecule has 0 aliphatic heterocycles. The molecule has 1 unspecified atom stereocenters. The van der Waals surface area contributed by atoms with E-state index in [1.165, 1.54) is 51.4 Å². The van der Waals surface area contributed by atoms with E-state index >= 15 is 0 Å². The van der Waals surface area contributed by atoms with Crippen molar-refractivity contribution in [3.05, 3.63) is 42.2 Å². The van der Waals surface area contributed by atoms with Crippen molar-refractivity contribution in [1.29, 1.82) is 0 Å². The minimum atomic E-state index is -0.212. The maximum absolute atomic E-state index is 12.2. The number of hydrogen-bond donors (Lipinski definition) is 0. The Morgan fingerprint density at radius 2 is 1.60 bits per heavy atom. The largest absolute Gasteiger partial charge is 0.426 e. The number of ether oxygens (including phenoxy) is 1. The zero-order valence-corrected chi connectivity index (χ0v) is 19.0. The molecule has 2 aromatic rings. The van der Waals surface area contributed by atoms with Crippen LogP contribution in [0.15, 0.2) is 36.5 Å². The number of unbranched alkanes of at least 4 members (excludes halogenated alkanes) is 8. The first-order chi connectivity index (χ1) is 14.7. The molecule has 0 bridgehead atoms. The van der Waals surface area contributed by atoms with Gasteiger partial charge in [0.05, 0.1) is 11.5 Å². The summed E-state index contributed by atoms with van der Waals surface area (Å²) in [6.07, 6.45) is 15.4. The van der Waals surface area contributed by atoms with E-state index in [1.807, 2.05) is 44.2 Å². The molecule has 0 amide bonds. The standard InChI is InChI=1S/C26H38N2O2/c1-4-6-7-8-9-10-11-12-13-16-22-19-20-27-25(28-22)23-17-14-15-18-24(23)30-26(29)21(3)5-2/h14-15,17-21H,4-13,16H2,1-3H3. The van der Waals surface area contributed by atoms with Gasteiger partial charge < -0.3 is 4.74 Å². The van der Waals surface area contributed by atoms with E-state index < -0.39 is 0 Å². The Labute approximate surface area is 182 Å². The molecule has 30 heavy (non-hydrogen) atoms. The van der Waals surface area contributed by atoms with Gasteiger partial charge in [0.2, 0.25) is 0 Å². The zero-order chi connectivity index (χ0) is 21.6. The summed E-state index contributed by atoms with van der Waals surface area (Å²) in [5, 5.41) is 0. The molecule has 0 spiro atoms. The van der Waals surface area contributed by atoms with Gasteiger partial charge in [0.25, 0.3) is 0 Å². The SMILES string of the molecule is CCCCCCCCCCCc1ccnc(-c2ccccc2OC(=O)C(C)CC)n1. The number of esters is 1. The highest BCUT2D eigenvalue weighted by Crippen LogP contribution is 2.28. The second-order valence-corrected chi connectivity index (χ2v) is 8.18. The van der Waals surface area contributed by atoms with Crippen molar-refractivity contribution in [3.8, 4) is 17.1 Å². The predicted molar refractivity (Wildman–Crippen MR) is 123 cm³/mol. The van der Waals surface area contributed by atoms with Crippen molar-refractivity contribution in [2.75, 3.05) is 0 Å². The molecule has 164 valence electrons. The van der Waals surface area contributed by atoms with Crippen molar-refractivity contribution >= 4 is 5.97 Å². The van der Waals surface area contributed by atoms with Gasteiger partial charge in [-0.2, -0.15) is 0 Å². The molecule has 1 aromatic carbocycles. The lowest BCUT2D eigenvalue weighted by Crippen LogP contribution is -2.17. The van der Waals surface area contributed by atoms with Crippen LogP contribution < -0.4 is 4.74 Å². The summed E-state index contributed by atoms with van der Waals surface area (Å²) in [6, 6.07) is 9.51. The van der Waals surface area contributed by atoms with Gasteiger partial charge >= 0.3 is 5.97 Å². The van der Waals surface area contributed by atoms with Crippen LogP contribution in [0.1, 0.15) is 90.7 Å². The van der Waals surface area contributed by atoms with Crippen molar-refractivity contribution in [2.45, 2.75) is 91.4 Å². The molecular formula is C26H38N2O2. The monoisotopic (exact) mass is 410 g/mol. The highest BCUT2D eigenvalue weighted by atomic mass is 16.5. The van der Waals surface area contributed by atoms with Gasteiger partial charge in [-0.1, -0.05) is 84.3 Å². The lowest BCUT2D eigenvalue weighted by atomic mass is 10.1. The number of hydrogen-bond acceptors (Lipinski definition) is 4. The van der Waals surface area contributed by atoms with E-state index in [0.717, 1.165) is 30.5 Å². The van der Waals surface area contributed by atoms with E-state index in [1.54, 1.807) is 6.20 Å². The minimum absolute atomic E-state index is 0.128. The van der Waals surface area contributed by atoms with Crippen molar-refractivity contribution < 1.29 is 9.53 Å². The number of aryl methyl sites for hydroxylation is 1. The predicted octanol–water partition coefficient (Wildman–Crippen LogP) is 7.17. The Morgan fingerprint density at radius 3 is 2.30 bits per heavy atom. The third kappa shape index (κ3) is 8.25. The molecule has 0 aliphatic carbocycles. The van der Waals surface area contributed by atoms with Gasteiger partial charge in [0.15, 0.2) is 5.82 Å². The summed E-state index contributed by atoms with van der Waals surface area (Å²) in [5.41, 5.74) is 1.81. The quantitative estimate of drug-likeness (QED) is 0.188. The number of carbonyl (C=O) groups excluding carboxylic acids is 1. The molecule has 1 heterocycles. The lowest BCUT2D eigenvalue weighted by Gasteiger charge is -2.12. The second kappa shape index (κ2) is 13.9. The summed E-state index contributed by atoms with van der Waals surface area (Å²) in [7, 11) is 0. The van der Waals surface area contributed by atoms with Crippen molar-refractivity contribution in [2.24, 2.45) is 5.92 Å². The molecule has 0 saturated heterocycles. The number of benzene rings is 1. The van der Waals surface area contributed by atoms with Crippen molar-refractivity contribution in [3.63, 3.8) is 0 Å². The molecule has 1 aromatic heterocycles. The minimum Gasteiger partial charge on any atom is -0.426 e. The Balaban J connectivity index is 1.88. The lowest BCUT2D eigenvalue weighted by molar-refractivity contribution is -0.138. The summed E-state index contributed by atoms with van der Waals surface area (Å²) >= 11 is 0. The van der Waals surface area contributed by atoms with E-state index in [0.29, 0.717) is 11.6 Å².